The fraction of sp³-hybridized carbons (Fsp3) is 0.308. The van der Waals surface area contributed by atoms with Crippen molar-refractivity contribution < 1.29 is 0 Å². The number of nitrogens with one attached hydrogen (secondary N) is 1. The van der Waals surface area contributed by atoms with Crippen LogP contribution in [-0.4, -0.2) is 9.97 Å². The second-order valence-electron chi connectivity index (χ2n) is 4.43. The van der Waals surface area contributed by atoms with E-state index >= 15 is 0 Å². The van der Waals surface area contributed by atoms with Crippen LogP contribution in [0.3, 0.4) is 0 Å². The van der Waals surface area contributed by atoms with Gasteiger partial charge in [-0.15, -0.1) is 0 Å². The van der Waals surface area contributed by atoms with Crippen LogP contribution in [0.15, 0.2) is 25.3 Å². The summed E-state index contributed by atoms with van der Waals surface area (Å²) in [5.74, 6) is 0.973. The molecule has 0 radical (unpaired) electrons. The number of hydrogen-bond acceptors (Lipinski definition) is 1. The van der Waals surface area contributed by atoms with Crippen LogP contribution in [0.5, 0.6) is 0 Å². The Morgan fingerprint density at radius 2 is 1.93 bits per heavy atom. The lowest BCUT2D eigenvalue weighted by molar-refractivity contribution is 0.552. The van der Waals surface area contributed by atoms with Crippen molar-refractivity contribution >= 4 is 12.2 Å². The number of allylic oxidation sites excluding steroid dienone is 2. The molecule has 0 aromatic carbocycles. The van der Waals surface area contributed by atoms with Crippen LogP contribution in [0.2, 0.25) is 0 Å². The maximum Gasteiger partial charge on any atom is 0.112 e. The van der Waals surface area contributed by atoms with E-state index in [2.05, 4.69) is 43.9 Å². The maximum atomic E-state index is 4.53. The third-order valence-electron chi connectivity index (χ3n) is 2.07. The fourth-order valence-corrected chi connectivity index (χ4v) is 1.20. The summed E-state index contributed by atoms with van der Waals surface area (Å²) >= 11 is 0. The Morgan fingerprint density at radius 3 is 2.40 bits per heavy atom. The van der Waals surface area contributed by atoms with E-state index in [9.17, 15) is 0 Å². The van der Waals surface area contributed by atoms with Gasteiger partial charge in [0.25, 0.3) is 0 Å². The minimum atomic E-state index is 0.0258. The van der Waals surface area contributed by atoms with Gasteiger partial charge in [-0.05, 0) is 12.2 Å². The van der Waals surface area contributed by atoms with E-state index in [1.165, 1.54) is 0 Å². The standard InChI is InChI=1S/C13H18N2/c1-6-8-9-11-10(7-2)14-12(15-11)13(3,4)5/h6-9H,1-2H2,3-5H3,(H,14,15)/b9-8-. The van der Waals surface area contributed by atoms with Crippen LogP contribution in [0, 0.1) is 0 Å². The molecule has 0 saturated carbocycles. The Labute approximate surface area is 91.4 Å². The first-order valence-electron chi connectivity index (χ1n) is 5.01. The summed E-state index contributed by atoms with van der Waals surface area (Å²) in [6.45, 7) is 13.8. The molecular formula is C13H18N2. The maximum absolute atomic E-state index is 4.53. The fourth-order valence-electron chi connectivity index (χ4n) is 1.20. The Morgan fingerprint density at radius 1 is 1.27 bits per heavy atom. The largest absolute Gasteiger partial charge is 0.342 e. The SMILES string of the molecule is C=C/C=C\c1nc(C(C)(C)C)[nH]c1C=C. The van der Waals surface area contributed by atoms with Gasteiger partial charge in [-0.25, -0.2) is 4.98 Å². The second-order valence-corrected chi connectivity index (χ2v) is 4.43. The van der Waals surface area contributed by atoms with Gasteiger partial charge in [-0.2, -0.15) is 0 Å². The predicted octanol–water partition coefficient (Wildman–Crippen LogP) is 3.55. The van der Waals surface area contributed by atoms with Crippen molar-refractivity contribution in [2.75, 3.05) is 0 Å². The van der Waals surface area contributed by atoms with Crippen LogP contribution >= 0.6 is 0 Å². The Bertz CT molecular complexity index is 389. The summed E-state index contributed by atoms with van der Waals surface area (Å²) in [5.41, 5.74) is 1.89. The van der Waals surface area contributed by atoms with Gasteiger partial charge in [-0.3, -0.25) is 0 Å². The van der Waals surface area contributed by atoms with E-state index < -0.39 is 0 Å². The minimum Gasteiger partial charge on any atom is -0.342 e. The third-order valence-corrected chi connectivity index (χ3v) is 2.07. The number of rotatable bonds is 3. The first-order valence-corrected chi connectivity index (χ1v) is 5.01. The van der Waals surface area contributed by atoms with Gasteiger partial charge in [-0.1, -0.05) is 46.1 Å². The van der Waals surface area contributed by atoms with Crippen molar-refractivity contribution in [1.29, 1.82) is 0 Å². The summed E-state index contributed by atoms with van der Waals surface area (Å²) in [5, 5.41) is 0. The zero-order valence-corrected chi connectivity index (χ0v) is 9.67. The lowest BCUT2D eigenvalue weighted by Crippen LogP contribution is -2.13. The van der Waals surface area contributed by atoms with Gasteiger partial charge in [0.15, 0.2) is 0 Å². The zero-order valence-electron chi connectivity index (χ0n) is 9.67. The molecule has 0 spiro atoms. The van der Waals surface area contributed by atoms with Gasteiger partial charge in [0.05, 0.1) is 11.4 Å². The van der Waals surface area contributed by atoms with Crippen LogP contribution in [-0.2, 0) is 5.41 Å². The Hall–Kier alpha value is -1.57. The normalized spacial score (nSPS) is 11.9. The van der Waals surface area contributed by atoms with Gasteiger partial charge in [0.1, 0.15) is 5.82 Å². The van der Waals surface area contributed by atoms with E-state index in [0.717, 1.165) is 17.2 Å². The first-order chi connectivity index (χ1) is 6.99. The highest BCUT2D eigenvalue weighted by Gasteiger charge is 2.18. The van der Waals surface area contributed by atoms with Gasteiger partial charge in [0.2, 0.25) is 0 Å². The highest BCUT2D eigenvalue weighted by molar-refractivity contribution is 5.60. The number of H-pyrrole nitrogens is 1. The molecule has 1 rings (SSSR count). The van der Waals surface area contributed by atoms with Crippen molar-refractivity contribution in [2.24, 2.45) is 0 Å². The Balaban J connectivity index is 3.16. The quantitative estimate of drug-likeness (QED) is 0.746. The van der Waals surface area contributed by atoms with Crippen molar-refractivity contribution in [1.82, 2.24) is 9.97 Å². The van der Waals surface area contributed by atoms with Crippen molar-refractivity contribution in [2.45, 2.75) is 26.2 Å². The molecule has 80 valence electrons. The molecule has 0 unspecified atom stereocenters. The molecule has 15 heavy (non-hydrogen) atoms. The van der Waals surface area contributed by atoms with E-state index in [1.807, 2.05) is 12.2 Å². The minimum absolute atomic E-state index is 0.0258. The molecule has 1 heterocycles. The monoisotopic (exact) mass is 202 g/mol. The van der Waals surface area contributed by atoms with Gasteiger partial charge >= 0.3 is 0 Å². The molecular weight excluding hydrogens is 184 g/mol. The molecule has 1 aromatic heterocycles. The van der Waals surface area contributed by atoms with Crippen molar-refractivity contribution in [3.05, 3.63) is 42.5 Å². The molecule has 0 amide bonds. The Kier molecular flexibility index (Phi) is 3.30. The van der Waals surface area contributed by atoms with Crippen molar-refractivity contribution in [3.8, 4) is 0 Å². The molecule has 2 heteroatoms. The molecule has 0 aliphatic carbocycles. The summed E-state index contributed by atoms with van der Waals surface area (Å²) in [7, 11) is 0. The number of nitrogens with zero attached hydrogens (tertiary/aromatic N) is 1. The third kappa shape index (κ3) is 2.69. The summed E-state index contributed by atoms with van der Waals surface area (Å²) < 4.78 is 0. The summed E-state index contributed by atoms with van der Waals surface area (Å²) in [6, 6.07) is 0. The molecule has 0 aliphatic heterocycles. The molecule has 1 N–H and O–H groups in total. The number of aromatic nitrogens is 2. The second kappa shape index (κ2) is 4.30. The predicted molar refractivity (Wildman–Crippen MR) is 66.6 cm³/mol. The van der Waals surface area contributed by atoms with Crippen LogP contribution in [0.25, 0.3) is 12.2 Å². The van der Waals surface area contributed by atoms with Crippen molar-refractivity contribution in [3.63, 3.8) is 0 Å². The molecule has 0 fully saturated rings. The lowest BCUT2D eigenvalue weighted by atomic mass is 9.96. The summed E-state index contributed by atoms with van der Waals surface area (Å²) in [6.07, 6.45) is 7.31. The molecule has 0 atom stereocenters. The van der Waals surface area contributed by atoms with Crippen LogP contribution < -0.4 is 0 Å². The molecule has 0 saturated heterocycles. The van der Waals surface area contributed by atoms with Gasteiger partial charge in [0, 0.05) is 5.41 Å². The number of hydrogen-bond donors (Lipinski definition) is 1. The van der Waals surface area contributed by atoms with E-state index in [0.29, 0.717) is 0 Å². The topological polar surface area (TPSA) is 28.7 Å². The zero-order chi connectivity index (χ0) is 11.5. The first kappa shape index (κ1) is 11.5. The number of aromatic amines is 1. The average Bonchev–Trinajstić information content (AvgIpc) is 2.57. The molecule has 1 aromatic rings. The lowest BCUT2D eigenvalue weighted by Gasteiger charge is -2.13. The average molecular weight is 202 g/mol. The van der Waals surface area contributed by atoms with Crippen LogP contribution in [0.1, 0.15) is 38.0 Å². The summed E-state index contributed by atoms with van der Waals surface area (Å²) in [4.78, 5) is 7.79. The highest BCUT2D eigenvalue weighted by atomic mass is 14.9. The van der Waals surface area contributed by atoms with E-state index in [-0.39, 0.29) is 5.41 Å². The van der Waals surface area contributed by atoms with E-state index in [4.69, 9.17) is 0 Å². The molecule has 0 bridgehead atoms. The molecule has 0 aliphatic rings. The van der Waals surface area contributed by atoms with E-state index in [1.54, 1.807) is 12.2 Å². The highest BCUT2D eigenvalue weighted by Crippen LogP contribution is 2.21. The number of imidazole rings is 1. The van der Waals surface area contributed by atoms with Crippen LogP contribution in [0.4, 0.5) is 0 Å². The molecule has 2 nitrogen and oxygen atoms in total. The van der Waals surface area contributed by atoms with Gasteiger partial charge < -0.3 is 4.98 Å². The smallest absolute Gasteiger partial charge is 0.112 e.